The van der Waals surface area contributed by atoms with E-state index in [0.717, 1.165) is 0 Å². The average molecular weight is 395 g/mol. The maximum atomic E-state index is 12.1. The van der Waals surface area contributed by atoms with Crippen LogP contribution in [0.1, 0.15) is 37.8 Å². The minimum absolute atomic E-state index is 0.141. The van der Waals surface area contributed by atoms with Crippen LogP contribution in [0.25, 0.3) is 0 Å². The van der Waals surface area contributed by atoms with E-state index >= 15 is 0 Å². The molecule has 0 fully saturated rings. The monoisotopic (exact) mass is 394 g/mol. The number of esters is 1. The van der Waals surface area contributed by atoms with E-state index in [1.807, 2.05) is 0 Å². The summed E-state index contributed by atoms with van der Waals surface area (Å²) in [4.78, 5) is 36.1. The lowest BCUT2D eigenvalue weighted by Crippen LogP contribution is -2.43. The first-order valence-electron chi connectivity index (χ1n) is 7.91. The molecule has 2 N–H and O–H groups in total. The van der Waals surface area contributed by atoms with Crippen molar-refractivity contribution in [3.05, 3.63) is 51.4 Å². The molecule has 0 spiro atoms. The van der Waals surface area contributed by atoms with Crippen molar-refractivity contribution in [3.63, 3.8) is 0 Å². The second-order valence-electron chi connectivity index (χ2n) is 5.64. The Balaban J connectivity index is 1.90. The highest BCUT2D eigenvalue weighted by Crippen LogP contribution is 2.22. The summed E-state index contributed by atoms with van der Waals surface area (Å²) in [5, 5.41) is 0.336. The summed E-state index contributed by atoms with van der Waals surface area (Å²) in [6.45, 7) is 4.51. The molecule has 0 radical (unpaired) electrons. The number of methoxy groups -OCH3 is 1. The predicted molar refractivity (Wildman–Crippen MR) is 96.8 cm³/mol. The first-order valence-corrected chi connectivity index (χ1v) is 8.28. The number of carbonyl (C=O) groups excluding carboxylic acids is 3. The molecule has 8 nitrogen and oxygen atoms in total. The number of hydrogen-bond donors (Lipinski definition) is 2. The van der Waals surface area contributed by atoms with Crippen molar-refractivity contribution in [3.8, 4) is 5.75 Å². The highest BCUT2D eigenvalue weighted by molar-refractivity contribution is 6.31. The van der Waals surface area contributed by atoms with Gasteiger partial charge in [-0.2, -0.15) is 0 Å². The third-order valence-electron chi connectivity index (χ3n) is 3.82. The molecule has 0 bridgehead atoms. The summed E-state index contributed by atoms with van der Waals surface area (Å²) in [5.74, 6) is -0.721. The van der Waals surface area contributed by atoms with Gasteiger partial charge in [0.2, 0.25) is 0 Å². The van der Waals surface area contributed by atoms with Crippen molar-refractivity contribution in [2.45, 2.75) is 20.8 Å². The maximum Gasteiger partial charge on any atom is 0.342 e. The molecule has 9 heteroatoms. The first kappa shape index (κ1) is 20.3. The summed E-state index contributed by atoms with van der Waals surface area (Å²) >= 11 is 5.86. The van der Waals surface area contributed by atoms with E-state index in [9.17, 15) is 14.4 Å². The molecule has 0 atom stereocenters. The molecular formula is C18H19ClN2O6. The van der Waals surface area contributed by atoms with Crippen LogP contribution < -0.4 is 15.6 Å². The van der Waals surface area contributed by atoms with Crippen molar-refractivity contribution in [1.29, 1.82) is 0 Å². The summed E-state index contributed by atoms with van der Waals surface area (Å²) in [5.41, 5.74) is 5.44. The Morgan fingerprint density at radius 3 is 2.41 bits per heavy atom. The number of furan rings is 1. The summed E-state index contributed by atoms with van der Waals surface area (Å²) in [6.07, 6.45) is 0. The Morgan fingerprint density at radius 1 is 1.11 bits per heavy atom. The molecule has 2 aromatic rings. The van der Waals surface area contributed by atoms with Gasteiger partial charge in [0.05, 0.1) is 12.7 Å². The van der Waals surface area contributed by atoms with Gasteiger partial charge in [0.25, 0.3) is 11.8 Å². The smallest absolute Gasteiger partial charge is 0.342 e. The quantitative estimate of drug-likeness (QED) is 0.596. The van der Waals surface area contributed by atoms with E-state index in [2.05, 4.69) is 10.9 Å². The minimum Gasteiger partial charge on any atom is -0.496 e. The number of benzene rings is 1. The lowest BCUT2D eigenvalue weighted by atomic mass is 10.1. The molecule has 144 valence electrons. The number of halogens is 1. The minimum atomic E-state index is -0.715. The Hall–Kier alpha value is -3.00. The average Bonchev–Trinajstić information content (AvgIpc) is 2.89. The van der Waals surface area contributed by atoms with Crippen LogP contribution in [0.15, 0.2) is 22.6 Å². The van der Waals surface area contributed by atoms with E-state index in [1.54, 1.807) is 26.8 Å². The van der Waals surface area contributed by atoms with Gasteiger partial charge >= 0.3 is 5.97 Å². The second kappa shape index (κ2) is 8.59. The van der Waals surface area contributed by atoms with Crippen LogP contribution >= 0.6 is 11.6 Å². The van der Waals surface area contributed by atoms with E-state index in [0.29, 0.717) is 27.9 Å². The molecular weight excluding hydrogens is 376 g/mol. The molecule has 0 aliphatic heterocycles. The fourth-order valence-electron chi connectivity index (χ4n) is 2.38. The van der Waals surface area contributed by atoms with Crippen molar-refractivity contribution in [2.24, 2.45) is 0 Å². The molecule has 0 saturated heterocycles. The van der Waals surface area contributed by atoms with Crippen LogP contribution in [-0.4, -0.2) is 31.5 Å². The van der Waals surface area contributed by atoms with Crippen LogP contribution in [0.2, 0.25) is 5.02 Å². The molecule has 0 aliphatic carbocycles. The molecule has 0 unspecified atom stereocenters. The van der Waals surface area contributed by atoms with Crippen LogP contribution in [0, 0.1) is 20.8 Å². The van der Waals surface area contributed by atoms with Gasteiger partial charge in [-0.25, -0.2) is 4.79 Å². The van der Waals surface area contributed by atoms with Crippen molar-refractivity contribution in [1.82, 2.24) is 10.9 Å². The van der Waals surface area contributed by atoms with Gasteiger partial charge in [-0.05, 0) is 39.0 Å². The highest BCUT2D eigenvalue weighted by atomic mass is 35.5. The van der Waals surface area contributed by atoms with Crippen LogP contribution in [0.3, 0.4) is 0 Å². The number of amides is 2. The SMILES string of the molecule is COc1ccc(Cl)cc1C(=O)NNC(=O)COC(=O)c1c(C)oc(C)c1C. The number of rotatable bonds is 5. The number of hydrogen-bond acceptors (Lipinski definition) is 6. The second-order valence-corrected chi connectivity index (χ2v) is 6.07. The fraction of sp³-hybridized carbons (Fsp3) is 0.278. The Morgan fingerprint density at radius 2 is 1.81 bits per heavy atom. The molecule has 1 aromatic carbocycles. The molecule has 2 amide bonds. The number of carbonyl (C=O) groups is 3. The Kier molecular flexibility index (Phi) is 6.46. The molecule has 2 rings (SSSR count). The lowest BCUT2D eigenvalue weighted by Gasteiger charge is -2.11. The summed E-state index contributed by atoms with van der Waals surface area (Å²) < 4.78 is 15.4. The fourth-order valence-corrected chi connectivity index (χ4v) is 2.56. The molecule has 0 aliphatic rings. The third kappa shape index (κ3) is 4.79. The van der Waals surface area contributed by atoms with Crippen LogP contribution in [0.4, 0.5) is 0 Å². The number of hydrazine groups is 1. The molecule has 1 aromatic heterocycles. The molecule has 27 heavy (non-hydrogen) atoms. The first-order chi connectivity index (χ1) is 12.7. The molecule has 0 saturated carbocycles. The van der Waals surface area contributed by atoms with Gasteiger partial charge in [0, 0.05) is 10.6 Å². The Labute approximate surface area is 160 Å². The van der Waals surface area contributed by atoms with Gasteiger partial charge in [-0.1, -0.05) is 11.6 Å². The zero-order valence-electron chi connectivity index (χ0n) is 15.3. The summed E-state index contributed by atoms with van der Waals surface area (Å²) in [6, 6.07) is 4.49. The number of nitrogens with one attached hydrogen (secondary N) is 2. The van der Waals surface area contributed by atoms with Gasteiger partial charge in [-0.3, -0.25) is 20.4 Å². The topological polar surface area (TPSA) is 107 Å². The van der Waals surface area contributed by atoms with E-state index in [-0.39, 0.29) is 11.1 Å². The normalized spacial score (nSPS) is 10.3. The van der Waals surface area contributed by atoms with E-state index in [4.69, 9.17) is 25.5 Å². The van der Waals surface area contributed by atoms with Crippen molar-refractivity contribution >= 4 is 29.4 Å². The van der Waals surface area contributed by atoms with Gasteiger partial charge in [0.15, 0.2) is 6.61 Å². The highest BCUT2D eigenvalue weighted by Gasteiger charge is 2.21. The Bertz CT molecular complexity index is 890. The predicted octanol–water partition coefficient (Wildman–Crippen LogP) is 2.48. The summed E-state index contributed by atoms with van der Waals surface area (Å²) in [7, 11) is 1.40. The van der Waals surface area contributed by atoms with Crippen molar-refractivity contribution in [2.75, 3.05) is 13.7 Å². The zero-order valence-corrected chi connectivity index (χ0v) is 16.0. The lowest BCUT2D eigenvalue weighted by molar-refractivity contribution is -0.125. The maximum absolute atomic E-state index is 12.1. The standard InChI is InChI=1S/C18H19ClN2O6/c1-9-10(2)27-11(3)16(9)18(24)26-8-15(22)20-21-17(23)13-7-12(19)5-6-14(13)25-4/h5-7H,8H2,1-4H3,(H,20,22)(H,21,23). The number of ether oxygens (including phenoxy) is 2. The molecule has 1 heterocycles. The van der Waals surface area contributed by atoms with Crippen LogP contribution in [0.5, 0.6) is 5.75 Å². The van der Waals surface area contributed by atoms with Gasteiger partial charge in [-0.15, -0.1) is 0 Å². The van der Waals surface area contributed by atoms with E-state index in [1.165, 1.54) is 19.2 Å². The largest absolute Gasteiger partial charge is 0.496 e. The zero-order chi connectivity index (χ0) is 20.1. The number of aryl methyl sites for hydroxylation is 2. The third-order valence-corrected chi connectivity index (χ3v) is 4.06. The van der Waals surface area contributed by atoms with Crippen LogP contribution in [-0.2, 0) is 9.53 Å². The van der Waals surface area contributed by atoms with Gasteiger partial charge < -0.3 is 13.9 Å². The van der Waals surface area contributed by atoms with Crippen molar-refractivity contribution < 1.29 is 28.3 Å². The van der Waals surface area contributed by atoms with E-state index < -0.39 is 24.4 Å². The van der Waals surface area contributed by atoms with Gasteiger partial charge in [0.1, 0.15) is 22.8 Å².